The Kier molecular flexibility index (Phi) is 10.6. The van der Waals surface area contributed by atoms with E-state index < -0.39 is 6.10 Å². The Hall–Kier alpha value is -2.97. The Bertz CT molecular complexity index is 873. The molecule has 2 aromatic rings. The SMILES string of the molecule is CCNC(=NCc1ccc(C)cc1OCCOC)NCC(O)c1cc(OC)ccc1OC. The van der Waals surface area contributed by atoms with Gasteiger partial charge in [0, 0.05) is 31.3 Å². The van der Waals surface area contributed by atoms with E-state index in [-0.39, 0.29) is 6.54 Å². The van der Waals surface area contributed by atoms with Crippen LogP contribution in [0.5, 0.6) is 17.2 Å². The minimum atomic E-state index is -0.809. The summed E-state index contributed by atoms with van der Waals surface area (Å²) >= 11 is 0. The highest BCUT2D eigenvalue weighted by Crippen LogP contribution is 2.29. The molecule has 0 aromatic heterocycles. The summed E-state index contributed by atoms with van der Waals surface area (Å²) in [6.07, 6.45) is -0.809. The van der Waals surface area contributed by atoms with Gasteiger partial charge in [-0.25, -0.2) is 4.99 Å². The minimum absolute atomic E-state index is 0.250. The standard InChI is InChI=1S/C24H35N3O5/c1-6-25-24(26-15-18-8-7-17(2)13-23(18)32-12-11-29-3)27-16-21(28)20-14-19(30-4)9-10-22(20)31-5/h7-10,13-14,21,28H,6,11-12,15-16H2,1-5H3,(H2,25,26,27). The lowest BCUT2D eigenvalue weighted by molar-refractivity contribution is 0.145. The first-order valence-electron chi connectivity index (χ1n) is 10.7. The molecule has 0 bridgehead atoms. The summed E-state index contributed by atoms with van der Waals surface area (Å²) in [4.78, 5) is 4.66. The molecule has 2 rings (SSSR count). The summed E-state index contributed by atoms with van der Waals surface area (Å²) in [5.41, 5.74) is 2.73. The molecule has 0 fully saturated rings. The van der Waals surface area contributed by atoms with E-state index in [0.717, 1.165) is 16.9 Å². The molecule has 0 saturated heterocycles. The number of nitrogens with zero attached hydrogens (tertiary/aromatic N) is 1. The van der Waals surface area contributed by atoms with E-state index in [1.54, 1.807) is 39.5 Å². The number of benzene rings is 2. The maximum atomic E-state index is 10.7. The quantitative estimate of drug-likeness (QED) is 0.263. The molecule has 0 spiro atoms. The lowest BCUT2D eigenvalue weighted by Crippen LogP contribution is -2.39. The fourth-order valence-electron chi connectivity index (χ4n) is 3.07. The molecule has 176 valence electrons. The minimum Gasteiger partial charge on any atom is -0.497 e. The average molecular weight is 446 g/mol. The van der Waals surface area contributed by atoms with Crippen molar-refractivity contribution in [3.63, 3.8) is 0 Å². The third-order valence-electron chi connectivity index (χ3n) is 4.78. The lowest BCUT2D eigenvalue weighted by atomic mass is 10.1. The predicted molar refractivity (Wildman–Crippen MR) is 126 cm³/mol. The van der Waals surface area contributed by atoms with Crippen LogP contribution in [0.15, 0.2) is 41.4 Å². The fraction of sp³-hybridized carbons (Fsp3) is 0.458. The van der Waals surface area contributed by atoms with Gasteiger partial charge in [-0.3, -0.25) is 0 Å². The number of ether oxygens (including phenoxy) is 4. The van der Waals surface area contributed by atoms with E-state index in [4.69, 9.17) is 18.9 Å². The second-order valence-electron chi connectivity index (χ2n) is 7.15. The van der Waals surface area contributed by atoms with Gasteiger partial charge in [0.25, 0.3) is 0 Å². The van der Waals surface area contributed by atoms with Gasteiger partial charge in [-0.2, -0.15) is 0 Å². The predicted octanol–water partition coefficient (Wildman–Crippen LogP) is 2.83. The molecule has 0 amide bonds. The van der Waals surface area contributed by atoms with Crippen LogP contribution in [-0.2, 0) is 11.3 Å². The van der Waals surface area contributed by atoms with Gasteiger partial charge in [0.15, 0.2) is 5.96 Å². The largest absolute Gasteiger partial charge is 0.497 e. The molecule has 2 aromatic carbocycles. The second kappa shape index (κ2) is 13.4. The number of rotatable bonds is 12. The monoisotopic (exact) mass is 445 g/mol. The van der Waals surface area contributed by atoms with Crippen LogP contribution in [0.3, 0.4) is 0 Å². The van der Waals surface area contributed by atoms with Gasteiger partial charge >= 0.3 is 0 Å². The molecule has 8 heteroatoms. The molecule has 0 radical (unpaired) electrons. The normalized spacial score (nSPS) is 12.2. The number of aliphatic imine (C=N–C) groups is 1. The number of aryl methyl sites for hydroxylation is 1. The highest BCUT2D eigenvalue weighted by atomic mass is 16.5. The van der Waals surface area contributed by atoms with Crippen molar-refractivity contribution in [2.45, 2.75) is 26.5 Å². The van der Waals surface area contributed by atoms with Gasteiger partial charge in [-0.05, 0) is 43.7 Å². The third kappa shape index (κ3) is 7.62. The van der Waals surface area contributed by atoms with E-state index in [9.17, 15) is 5.11 Å². The van der Waals surface area contributed by atoms with Crippen molar-refractivity contribution in [2.24, 2.45) is 4.99 Å². The van der Waals surface area contributed by atoms with Crippen LogP contribution in [0, 0.1) is 6.92 Å². The van der Waals surface area contributed by atoms with Gasteiger partial charge < -0.3 is 34.7 Å². The molecule has 3 N–H and O–H groups in total. The van der Waals surface area contributed by atoms with Crippen molar-refractivity contribution in [1.29, 1.82) is 0 Å². The number of methoxy groups -OCH3 is 3. The summed E-state index contributed by atoms with van der Waals surface area (Å²) in [6.45, 7) is 6.38. The first-order valence-corrected chi connectivity index (χ1v) is 10.7. The molecule has 0 saturated carbocycles. The number of hydrogen-bond donors (Lipinski definition) is 3. The molecule has 0 aliphatic carbocycles. The number of aliphatic hydroxyl groups excluding tert-OH is 1. The van der Waals surface area contributed by atoms with Gasteiger partial charge in [0.1, 0.15) is 23.9 Å². The van der Waals surface area contributed by atoms with Crippen LogP contribution in [0.2, 0.25) is 0 Å². The maximum absolute atomic E-state index is 10.7. The molecule has 8 nitrogen and oxygen atoms in total. The summed E-state index contributed by atoms with van der Waals surface area (Å²) in [6, 6.07) is 11.4. The first-order chi connectivity index (χ1) is 15.5. The first kappa shape index (κ1) is 25.3. The zero-order chi connectivity index (χ0) is 23.3. The number of aliphatic hydroxyl groups is 1. The van der Waals surface area contributed by atoms with E-state index in [1.165, 1.54) is 0 Å². The smallest absolute Gasteiger partial charge is 0.191 e. The van der Waals surface area contributed by atoms with Crippen molar-refractivity contribution in [3.05, 3.63) is 53.1 Å². The summed E-state index contributed by atoms with van der Waals surface area (Å²) < 4.78 is 21.6. The maximum Gasteiger partial charge on any atom is 0.191 e. The fourth-order valence-corrected chi connectivity index (χ4v) is 3.07. The molecule has 1 unspecified atom stereocenters. The van der Waals surface area contributed by atoms with Crippen LogP contribution in [-0.4, -0.2) is 58.7 Å². The highest BCUT2D eigenvalue weighted by molar-refractivity contribution is 5.79. The number of nitrogens with one attached hydrogen (secondary N) is 2. The molecule has 0 aliphatic rings. The van der Waals surface area contributed by atoms with Crippen LogP contribution in [0.25, 0.3) is 0 Å². The van der Waals surface area contributed by atoms with E-state index in [0.29, 0.717) is 49.3 Å². The van der Waals surface area contributed by atoms with Crippen LogP contribution < -0.4 is 24.8 Å². The zero-order valence-electron chi connectivity index (χ0n) is 19.6. The van der Waals surface area contributed by atoms with Gasteiger partial charge in [-0.15, -0.1) is 0 Å². The molecular weight excluding hydrogens is 410 g/mol. The van der Waals surface area contributed by atoms with Crippen molar-refractivity contribution in [3.8, 4) is 17.2 Å². The van der Waals surface area contributed by atoms with Crippen LogP contribution in [0.4, 0.5) is 0 Å². The van der Waals surface area contributed by atoms with Gasteiger partial charge in [0.2, 0.25) is 0 Å². The van der Waals surface area contributed by atoms with Crippen molar-refractivity contribution in [1.82, 2.24) is 10.6 Å². The average Bonchev–Trinajstić information content (AvgIpc) is 2.81. The molecular formula is C24H35N3O5. The number of guanidine groups is 1. The van der Waals surface area contributed by atoms with Crippen LogP contribution in [0.1, 0.15) is 29.7 Å². The van der Waals surface area contributed by atoms with E-state index in [1.807, 2.05) is 32.0 Å². The molecule has 1 atom stereocenters. The third-order valence-corrected chi connectivity index (χ3v) is 4.78. The molecule has 32 heavy (non-hydrogen) atoms. The topological polar surface area (TPSA) is 93.6 Å². The lowest BCUT2D eigenvalue weighted by Gasteiger charge is -2.18. The Morgan fingerprint density at radius 1 is 1.00 bits per heavy atom. The summed E-state index contributed by atoms with van der Waals surface area (Å²) in [5, 5.41) is 17.1. The van der Waals surface area contributed by atoms with Crippen LogP contribution >= 0.6 is 0 Å². The Morgan fingerprint density at radius 2 is 1.81 bits per heavy atom. The van der Waals surface area contributed by atoms with Crippen molar-refractivity contribution in [2.75, 3.05) is 47.6 Å². The Morgan fingerprint density at radius 3 is 2.50 bits per heavy atom. The Labute approximate surface area is 190 Å². The number of hydrogen-bond acceptors (Lipinski definition) is 6. The van der Waals surface area contributed by atoms with Crippen molar-refractivity contribution < 1.29 is 24.1 Å². The van der Waals surface area contributed by atoms with Gasteiger partial charge in [-0.1, -0.05) is 12.1 Å². The summed E-state index contributed by atoms with van der Waals surface area (Å²) in [5.74, 6) is 2.64. The highest BCUT2D eigenvalue weighted by Gasteiger charge is 2.15. The second-order valence-corrected chi connectivity index (χ2v) is 7.15. The molecule has 0 heterocycles. The van der Waals surface area contributed by atoms with Gasteiger partial charge in [0.05, 0.1) is 33.5 Å². The zero-order valence-corrected chi connectivity index (χ0v) is 19.6. The van der Waals surface area contributed by atoms with Crippen molar-refractivity contribution >= 4 is 5.96 Å². The van der Waals surface area contributed by atoms with E-state index in [2.05, 4.69) is 15.6 Å². The Balaban J connectivity index is 2.09. The molecule has 0 aliphatic heterocycles. The summed E-state index contributed by atoms with van der Waals surface area (Å²) in [7, 11) is 4.81. The van der Waals surface area contributed by atoms with E-state index >= 15 is 0 Å².